The highest BCUT2D eigenvalue weighted by Crippen LogP contribution is 2.16. The third kappa shape index (κ3) is 18.0. The van der Waals surface area contributed by atoms with Crippen LogP contribution in [0.5, 0.6) is 0 Å². The second-order valence-electron chi connectivity index (χ2n) is 14.4. The number of amides is 9. The first-order chi connectivity index (χ1) is 28.3. The summed E-state index contributed by atoms with van der Waals surface area (Å²) in [6.45, 7) is 5.75. The molecule has 20 nitrogen and oxygen atoms in total. The second kappa shape index (κ2) is 24.6. The van der Waals surface area contributed by atoms with E-state index in [4.69, 9.17) is 11.5 Å². The summed E-state index contributed by atoms with van der Waals surface area (Å²) in [4.78, 5) is 126. The molecule has 0 spiro atoms. The predicted molar refractivity (Wildman–Crippen MR) is 215 cm³/mol. The second-order valence-corrected chi connectivity index (χ2v) is 14.4. The van der Waals surface area contributed by atoms with E-state index in [2.05, 4.69) is 37.2 Å². The number of rotatable bonds is 24. The third-order valence-electron chi connectivity index (χ3n) is 8.50. The van der Waals surface area contributed by atoms with Crippen molar-refractivity contribution < 1.29 is 53.1 Å². The van der Waals surface area contributed by atoms with Crippen molar-refractivity contribution in [3.63, 3.8) is 0 Å². The molecule has 0 aliphatic carbocycles. The Morgan fingerprint density at radius 2 is 1.18 bits per heavy atom. The van der Waals surface area contributed by atoms with Gasteiger partial charge < -0.3 is 53.8 Å². The van der Waals surface area contributed by atoms with Crippen LogP contribution in [0.1, 0.15) is 57.7 Å². The van der Waals surface area contributed by atoms with Crippen LogP contribution in [0.3, 0.4) is 0 Å². The number of hydrogen-bond acceptors (Lipinski definition) is 10. The standard InChI is InChI=1S/C40H53N9O11/c1-22(2)17-26(37(56)48-34(23(3)4)36(42)55)47-39(58)35(25-13-9-6-10-14-25)49-38(57)27(19-29(41)50)45-31(52)16-15-30(51)43-20-32(53)44-21-33(54)46-28(40(59)60)18-24-11-7-5-8-12-24/h5-16,22-23,26-28,34-35H,17-21H2,1-4H3,(H2,41,50)(H2,42,55)(H,43,51)(H,44,53)(H,45,52)(H,46,54)(H,47,58)(H,48,56)(H,49,57)(H,59,60)/b16-15+/t26-,27-,28-,34-,35-/m0/s1. The zero-order valence-corrected chi connectivity index (χ0v) is 33.7. The number of primary amides is 2. The van der Waals surface area contributed by atoms with Crippen LogP contribution in [0, 0.1) is 11.8 Å². The van der Waals surface area contributed by atoms with Gasteiger partial charge in [-0.05, 0) is 29.4 Å². The largest absolute Gasteiger partial charge is 0.480 e. The Hall–Kier alpha value is -7.12. The number of nitrogens with one attached hydrogen (secondary N) is 7. The minimum Gasteiger partial charge on any atom is -0.480 e. The Morgan fingerprint density at radius 3 is 1.73 bits per heavy atom. The summed E-state index contributed by atoms with van der Waals surface area (Å²) in [5.41, 5.74) is 11.7. The molecule has 20 heteroatoms. The van der Waals surface area contributed by atoms with Crippen molar-refractivity contribution in [3.8, 4) is 0 Å². The Bertz CT molecular complexity index is 1890. The number of aliphatic carboxylic acids is 1. The highest BCUT2D eigenvalue weighted by Gasteiger charge is 2.33. The van der Waals surface area contributed by atoms with Crippen LogP contribution < -0.4 is 48.7 Å². The highest BCUT2D eigenvalue weighted by atomic mass is 16.4. The first-order valence-corrected chi connectivity index (χ1v) is 18.9. The van der Waals surface area contributed by atoms with Gasteiger partial charge in [0.05, 0.1) is 19.5 Å². The molecule has 5 atom stereocenters. The van der Waals surface area contributed by atoms with Crippen molar-refractivity contribution in [2.45, 2.75) is 77.2 Å². The van der Waals surface area contributed by atoms with Gasteiger partial charge in [-0.3, -0.25) is 43.2 Å². The lowest BCUT2D eigenvalue weighted by Gasteiger charge is -2.27. The highest BCUT2D eigenvalue weighted by molar-refractivity contribution is 6.01. The Kier molecular flexibility index (Phi) is 20.1. The van der Waals surface area contributed by atoms with Crippen LogP contribution >= 0.6 is 0 Å². The molecule has 0 aliphatic rings. The molecule has 12 N–H and O–H groups in total. The van der Waals surface area contributed by atoms with E-state index in [0.29, 0.717) is 11.6 Å². The minimum absolute atomic E-state index is 0.00618. The van der Waals surface area contributed by atoms with E-state index in [1.165, 1.54) is 12.1 Å². The van der Waals surface area contributed by atoms with Gasteiger partial charge in [-0.15, -0.1) is 0 Å². The normalized spacial score (nSPS) is 13.4. The molecular formula is C40H53N9O11. The minimum atomic E-state index is -1.65. The lowest BCUT2D eigenvalue weighted by molar-refractivity contribution is -0.141. The summed E-state index contributed by atoms with van der Waals surface area (Å²) < 4.78 is 0. The Balaban J connectivity index is 2.06. The fourth-order valence-electron chi connectivity index (χ4n) is 5.51. The molecule has 0 saturated heterocycles. The number of benzene rings is 2. The quantitative estimate of drug-likeness (QED) is 0.0514. The summed E-state index contributed by atoms with van der Waals surface area (Å²) in [6.07, 6.45) is 0.844. The molecule has 324 valence electrons. The smallest absolute Gasteiger partial charge is 0.326 e. The average molecular weight is 836 g/mol. The van der Waals surface area contributed by atoms with Gasteiger partial charge in [-0.1, -0.05) is 88.4 Å². The van der Waals surface area contributed by atoms with Gasteiger partial charge in [0, 0.05) is 18.6 Å². The van der Waals surface area contributed by atoms with Gasteiger partial charge in [-0.2, -0.15) is 0 Å². The number of hydrogen-bond donors (Lipinski definition) is 10. The van der Waals surface area contributed by atoms with Crippen LogP contribution in [-0.2, 0) is 54.4 Å². The number of nitrogens with two attached hydrogens (primary N) is 2. The Labute approximate surface area is 346 Å². The maximum atomic E-state index is 13.8. The average Bonchev–Trinajstić information content (AvgIpc) is 3.18. The van der Waals surface area contributed by atoms with E-state index >= 15 is 0 Å². The van der Waals surface area contributed by atoms with Crippen molar-refractivity contribution in [1.29, 1.82) is 0 Å². The summed E-state index contributed by atoms with van der Waals surface area (Å²) in [5, 5.41) is 26.1. The monoisotopic (exact) mass is 835 g/mol. The van der Waals surface area contributed by atoms with Crippen LogP contribution in [0.25, 0.3) is 0 Å². The zero-order valence-electron chi connectivity index (χ0n) is 33.7. The summed E-state index contributed by atoms with van der Waals surface area (Å²) in [6, 6.07) is 9.89. The van der Waals surface area contributed by atoms with Crippen molar-refractivity contribution >= 4 is 59.1 Å². The lowest BCUT2D eigenvalue weighted by atomic mass is 9.99. The maximum absolute atomic E-state index is 13.8. The molecule has 0 saturated carbocycles. The van der Waals surface area contributed by atoms with E-state index in [-0.39, 0.29) is 30.2 Å². The molecule has 9 amide bonds. The number of carbonyl (C=O) groups is 10. The van der Waals surface area contributed by atoms with Crippen LogP contribution in [0.15, 0.2) is 72.8 Å². The molecule has 0 radical (unpaired) electrons. The first kappa shape index (κ1) is 49.0. The fraction of sp³-hybridized carbons (Fsp3) is 0.400. The fourth-order valence-corrected chi connectivity index (χ4v) is 5.51. The van der Waals surface area contributed by atoms with Crippen molar-refractivity contribution in [2.24, 2.45) is 23.3 Å². The van der Waals surface area contributed by atoms with Gasteiger partial charge >= 0.3 is 5.97 Å². The molecular weight excluding hydrogens is 782 g/mol. The predicted octanol–water partition coefficient (Wildman–Crippen LogP) is -2.04. The number of carbonyl (C=O) groups excluding carboxylic acids is 9. The van der Waals surface area contributed by atoms with Crippen LogP contribution in [0.4, 0.5) is 0 Å². The number of carboxylic acids is 1. The summed E-state index contributed by atoms with van der Waals surface area (Å²) in [7, 11) is 0. The van der Waals surface area contributed by atoms with E-state index in [1.807, 2.05) is 0 Å². The van der Waals surface area contributed by atoms with Crippen molar-refractivity contribution in [3.05, 3.63) is 83.9 Å². The molecule has 2 rings (SSSR count). The van der Waals surface area contributed by atoms with E-state index in [1.54, 1.807) is 76.2 Å². The zero-order chi connectivity index (χ0) is 44.9. The molecule has 0 aromatic heterocycles. The molecule has 60 heavy (non-hydrogen) atoms. The number of carboxylic acid groups (broad SMARTS) is 1. The van der Waals surface area contributed by atoms with Crippen LogP contribution in [-0.4, -0.2) is 101 Å². The summed E-state index contributed by atoms with van der Waals surface area (Å²) >= 11 is 0. The van der Waals surface area contributed by atoms with Crippen LogP contribution in [0.2, 0.25) is 0 Å². The molecule has 2 aromatic rings. The van der Waals surface area contributed by atoms with Gasteiger partial charge in [0.25, 0.3) is 0 Å². The van der Waals surface area contributed by atoms with E-state index in [9.17, 15) is 53.1 Å². The van der Waals surface area contributed by atoms with Crippen molar-refractivity contribution in [2.75, 3.05) is 13.1 Å². The van der Waals surface area contributed by atoms with Gasteiger partial charge in [0.2, 0.25) is 53.2 Å². The van der Waals surface area contributed by atoms with E-state index < -0.39 is 109 Å². The molecule has 0 bridgehead atoms. The molecule has 0 aliphatic heterocycles. The topological polar surface area (TPSA) is 327 Å². The van der Waals surface area contributed by atoms with Crippen molar-refractivity contribution in [1.82, 2.24) is 37.2 Å². The van der Waals surface area contributed by atoms with Gasteiger partial charge in [0.15, 0.2) is 0 Å². The molecule has 0 unspecified atom stereocenters. The SMILES string of the molecule is CC(C)C[C@H](NC(=O)[C@@H](NC(=O)[C@H](CC(N)=O)NC(=O)/C=C/C(=O)NCC(=O)NCC(=O)N[C@@H](Cc1ccccc1)C(=O)O)c1ccccc1)C(=O)N[C@H](C(N)=O)C(C)C. The third-order valence-corrected chi connectivity index (χ3v) is 8.50. The molecule has 0 heterocycles. The van der Waals surface area contributed by atoms with E-state index in [0.717, 1.165) is 6.08 Å². The lowest BCUT2D eigenvalue weighted by Crippen LogP contribution is -2.57. The Morgan fingerprint density at radius 1 is 0.617 bits per heavy atom. The molecule has 0 fully saturated rings. The summed E-state index contributed by atoms with van der Waals surface area (Å²) in [5.74, 6) is -9.66. The van der Waals surface area contributed by atoms with Gasteiger partial charge in [-0.25, -0.2) is 4.79 Å². The van der Waals surface area contributed by atoms with Gasteiger partial charge in [0.1, 0.15) is 30.2 Å². The molecule has 2 aromatic carbocycles. The first-order valence-electron chi connectivity index (χ1n) is 18.9. The maximum Gasteiger partial charge on any atom is 0.326 e.